The van der Waals surface area contributed by atoms with Gasteiger partial charge in [0.2, 0.25) is 16.0 Å². The fourth-order valence-corrected chi connectivity index (χ4v) is 3.91. The minimum absolute atomic E-state index is 0.0194. The Bertz CT molecular complexity index is 1310. The Labute approximate surface area is 193 Å². The number of nitrogen functional groups attached to an aromatic ring is 1. The van der Waals surface area contributed by atoms with Gasteiger partial charge in [-0.3, -0.25) is 4.72 Å². The quantitative estimate of drug-likeness (QED) is 0.547. The highest BCUT2D eigenvalue weighted by atomic mass is 32.2. The number of ether oxygens (including phenoxy) is 1. The van der Waals surface area contributed by atoms with Gasteiger partial charge in [0.25, 0.3) is 0 Å². The van der Waals surface area contributed by atoms with E-state index in [4.69, 9.17) is 10.5 Å². The molecule has 1 saturated heterocycles. The first-order valence-electron chi connectivity index (χ1n) is 9.99. The fraction of sp³-hybridized carbons (Fsp3) is 0.300. The van der Waals surface area contributed by atoms with Gasteiger partial charge >= 0.3 is 6.18 Å². The third kappa shape index (κ3) is 5.34. The summed E-state index contributed by atoms with van der Waals surface area (Å²) in [5, 5.41) is 0. The van der Waals surface area contributed by atoms with Gasteiger partial charge in [-0.05, 0) is 24.3 Å². The molecule has 0 aromatic carbocycles. The van der Waals surface area contributed by atoms with Crippen LogP contribution >= 0.6 is 0 Å². The number of morpholine rings is 1. The molecule has 1 fully saturated rings. The monoisotopic (exact) mass is 495 g/mol. The van der Waals surface area contributed by atoms with E-state index in [9.17, 15) is 21.6 Å². The Balaban J connectivity index is 1.94. The molecule has 180 valence electrons. The van der Waals surface area contributed by atoms with Crippen LogP contribution in [0.5, 0.6) is 0 Å². The molecule has 4 heterocycles. The maximum absolute atomic E-state index is 13.8. The van der Waals surface area contributed by atoms with Crippen molar-refractivity contribution in [2.45, 2.75) is 6.18 Å². The summed E-state index contributed by atoms with van der Waals surface area (Å²) in [5.41, 5.74) is 4.61. The van der Waals surface area contributed by atoms with Crippen molar-refractivity contribution in [1.82, 2.24) is 19.9 Å². The molecule has 0 atom stereocenters. The van der Waals surface area contributed by atoms with Gasteiger partial charge in [0.05, 0.1) is 36.4 Å². The first kappa shape index (κ1) is 23.6. The van der Waals surface area contributed by atoms with Crippen LogP contribution in [0.25, 0.3) is 22.5 Å². The van der Waals surface area contributed by atoms with E-state index in [0.717, 1.165) is 18.5 Å². The number of nitrogens with two attached hydrogens (primary N) is 1. The zero-order valence-corrected chi connectivity index (χ0v) is 18.7. The first-order valence-corrected chi connectivity index (χ1v) is 11.9. The smallest absolute Gasteiger partial charge is 0.384 e. The topological polar surface area (TPSA) is 136 Å². The Morgan fingerprint density at radius 2 is 1.76 bits per heavy atom. The van der Waals surface area contributed by atoms with Crippen LogP contribution in [0.1, 0.15) is 5.56 Å². The van der Waals surface area contributed by atoms with Gasteiger partial charge in [-0.15, -0.1) is 0 Å². The van der Waals surface area contributed by atoms with E-state index >= 15 is 0 Å². The maximum atomic E-state index is 13.8. The molecule has 0 amide bonds. The lowest BCUT2D eigenvalue weighted by Gasteiger charge is -2.27. The second-order valence-corrected chi connectivity index (χ2v) is 9.21. The molecular weight excluding hydrogens is 475 g/mol. The summed E-state index contributed by atoms with van der Waals surface area (Å²) in [6.45, 7) is 1.65. The van der Waals surface area contributed by atoms with Gasteiger partial charge in [0.15, 0.2) is 0 Å². The minimum atomic E-state index is -4.71. The number of nitrogens with zero attached hydrogens (tertiary/aromatic N) is 5. The highest BCUT2D eigenvalue weighted by Gasteiger charge is 2.35. The normalized spacial score (nSPS) is 14.8. The molecule has 3 aromatic rings. The molecule has 3 aromatic heterocycles. The molecule has 1 aliphatic rings. The number of aromatic nitrogens is 4. The largest absolute Gasteiger partial charge is 0.417 e. The van der Waals surface area contributed by atoms with Gasteiger partial charge in [-0.2, -0.15) is 13.2 Å². The second kappa shape index (κ2) is 9.02. The Hall–Kier alpha value is -3.52. The summed E-state index contributed by atoms with van der Waals surface area (Å²) in [6.07, 6.45) is -1.36. The van der Waals surface area contributed by atoms with E-state index in [2.05, 4.69) is 24.7 Å². The van der Waals surface area contributed by atoms with Crippen LogP contribution in [0.4, 0.5) is 30.8 Å². The highest BCUT2D eigenvalue weighted by Crippen LogP contribution is 2.38. The van der Waals surface area contributed by atoms with E-state index in [0.29, 0.717) is 26.3 Å². The summed E-state index contributed by atoms with van der Waals surface area (Å²) < 4.78 is 72.7. The minimum Gasteiger partial charge on any atom is -0.384 e. The standard InChI is InChI=1S/C20H20F3N7O3S/c1-34(31,32)29-18-12(3-2-4-25-18)15-10-16(28-19(27-15)30-5-7-33-8-6-30)13-11-26-17(24)9-14(13)20(21,22)23/h2-4,9-11H,5-8H2,1H3,(H2,24,26)(H,25,29). The van der Waals surface area contributed by atoms with E-state index in [1.165, 1.54) is 12.3 Å². The van der Waals surface area contributed by atoms with Gasteiger partial charge in [0, 0.05) is 36.6 Å². The van der Waals surface area contributed by atoms with Crippen LogP contribution in [0, 0.1) is 0 Å². The molecule has 14 heteroatoms. The number of pyridine rings is 2. The number of hydrogen-bond donors (Lipinski definition) is 2. The SMILES string of the molecule is CS(=O)(=O)Nc1ncccc1-c1cc(-c2cnc(N)cc2C(F)(F)F)nc(N2CCOCC2)n1. The number of anilines is 3. The summed E-state index contributed by atoms with van der Waals surface area (Å²) >= 11 is 0. The van der Waals surface area contributed by atoms with Crippen molar-refractivity contribution in [3.05, 3.63) is 42.2 Å². The molecule has 1 aliphatic heterocycles. The molecule has 0 unspecified atom stereocenters. The summed E-state index contributed by atoms with van der Waals surface area (Å²) in [6, 6.07) is 5.19. The number of sulfonamides is 1. The lowest BCUT2D eigenvalue weighted by molar-refractivity contribution is -0.137. The van der Waals surface area contributed by atoms with Crippen LogP contribution in [-0.4, -0.2) is 60.9 Å². The number of halogens is 3. The Kier molecular flexibility index (Phi) is 6.27. The van der Waals surface area contributed by atoms with Crippen molar-refractivity contribution in [3.8, 4) is 22.5 Å². The van der Waals surface area contributed by atoms with Crippen molar-refractivity contribution < 1.29 is 26.3 Å². The summed E-state index contributed by atoms with van der Waals surface area (Å²) in [7, 11) is -3.69. The summed E-state index contributed by atoms with van der Waals surface area (Å²) in [4.78, 5) is 18.5. The second-order valence-electron chi connectivity index (χ2n) is 7.46. The van der Waals surface area contributed by atoms with E-state index in [-0.39, 0.29) is 40.1 Å². The van der Waals surface area contributed by atoms with Crippen LogP contribution in [0.3, 0.4) is 0 Å². The lowest BCUT2D eigenvalue weighted by atomic mass is 10.0. The van der Waals surface area contributed by atoms with Gasteiger partial charge in [-0.25, -0.2) is 28.4 Å². The van der Waals surface area contributed by atoms with E-state index < -0.39 is 21.8 Å². The number of hydrogen-bond acceptors (Lipinski definition) is 9. The molecule has 3 N–H and O–H groups in total. The van der Waals surface area contributed by atoms with Crippen molar-refractivity contribution in [1.29, 1.82) is 0 Å². The molecule has 0 spiro atoms. The molecule has 0 aliphatic carbocycles. The van der Waals surface area contributed by atoms with E-state index in [1.807, 2.05) is 0 Å². The molecule has 0 saturated carbocycles. The van der Waals surface area contributed by atoms with Gasteiger partial charge in [-0.1, -0.05) is 0 Å². The highest BCUT2D eigenvalue weighted by molar-refractivity contribution is 7.92. The van der Waals surface area contributed by atoms with Crippen LogP contribution in [0.15, 0.2) is 36.7 Å². The molecule has 0 radical (unpaired) electrons. The predicted octanol–water partition coefficient (Wildman–Crippen LogP) is 2.41. The van der Waals surface area contributed by atoms with Crippen LogP contribution in [-0.2, 0) is 20.9 Å². The number of nitrogens with one attached hydrogen (secondary N) is 1. The zero-order chi connectivity index (χ0) is 24.5. The average molecular weight is 495 g/mol. The van der Waals surface area contributed by atoms with Crippen molar-refractivity contribution in [2.75, 3.05) is 47.9 Å². The number of rotatable bonds is 5. The zero-order valence-electron chi connectivity index (χ0n) is 17.9. The first-order chi connectivity index (χ1) is 16.0. The van der Waals surface area contributed by atoms with E-state index in [1.54, 1.807) is 17.0 Å². The third-order valence-corrected chi connectivity index (χ3v) is 5.44. The average Bonchev–Trinajstić information content (AvgIpc) is 2.78. The molecule has 34 heavy (non-hydrogen) atoms. The molecule has 10 nitrogen and oxygen atoms in total. The van der Waals surface area contributed by atoms with Crippen molar-refractivity contribution >= 4 is 27.6 Å². The Morgan fingerprint density at radius 1 is 1.09 bits per heavy atom. The third-order valence-electron chi connectivity index (χ3n) is 4.88. The predicted molar refractivity (Wildman–Crippen MR) is 119 cm³/mol. The van der Waals surface area contributed by atoms with Gasteiger partial charge in [0.1, 0.15) is 11.6 Å². The molecular formula is C20H20F3N7O3S. The van der Waals surface area contributed by atoms with Crippen molar-refractivity contribution in [2.24, 2.45) is 0 Å². The van der Waals surface area contributed by atoms with Crippen LogP contribution < -0.4 is 15.4 Å². The van der Waals surface area contributed by atoms with Gasteiger partial charge < -0.3 is 15.4 Å². The van der Waals surface area contributed by atoms with Crippen LogP contribution in [0.2, 0.25) is 0 Å². The summed E-state index contributed by atoms with van der Waals surface area (Å²) in [5.74, 6) is -0.144. The molecule has 4 rings (SSSR count). The lowest BCUT2D eigenvalue weighted by Crippen LogP contribution is -2.37. The Morgan fingerprint density at radius 3 is 2.41 bits per heavy atom. The van der Waals surface area contributed by atoms with Crippen molar-refractivity contribution in [3.63, 3.8) is 0 Å². The fourth-order valence-electron chi connectivity index (χ4n) is 3.39. The molecule has 0 bridgehead atoms. The maximum Gasteiger partial charge on any atom is 0.417 e. The number of alkyl halides is 3.